The number of phenolic OH excluding ortho intramolecular Hbond substituents is 2. The highest BCUT2D eigenvalue weighted by Gasteiger charge is 2.03. The van der Waals surface area contributed by atoms with Crippen LogP contribution in [0.4, 0.5) is 0 Å². The average molecular weight is 451 g/mol. The predicted molar refractivity (Wildman–Crippen MR) is 122 cm³/mol. The fraction of sp³-hybridized carbons (Fsp3) is 0. The van der Waals surface area contributed by atoms with Crippen LogP contribution in [0.3, 0.4) is 0 Å². The highest BCUT2D eigenvalue weighted by Crippen LogP contribution is 2.33. The third-order valence-corrected chi connectivity index (χ3v) is 5.53. The molecule has 0 fully saturated rings. The first-order chi connectivity index (χ1) is 15.1. The van der Waals surface area contributed by atoms with Crippen LogP contribution in [0.5, 0.6) is 34.5 Å². The molecule has 0 heterocycles. The maximum atomic E-state index is 9.32. The van der Waals surface area contributed by atoms with Gasteiger partial charge in [-0.1, -0.05) is 0 Å². The lowest BCUT2D eigenvalue weighted by molar-refractivity contribution is 0.464. The van der Waals surface area contributed by atoms with Crippen LogP contribution in [0.1, 0.15) is 0 Å². The zero-order valence-corrected chi connectivity index (χ0v) is 17.8. The predicted octanol–water partition coefficient (Wildman–Crippen LogP) is 7.41. The van der Waals surface area contributed by atoms with Crippen molar-refractivity contribution < 1.29 is 23.3 Å². The molecule has 4 rings (SSSR count). The van der Waals surface area contributed by atoms with Gasteiger partial charge in [0, 0.05) is 33.9 Å². The van der Waals surface area contributed by atoms with Crippen LogP contribution < -0.4 is 9.47 Å². The average Bonchev–Trinajstić information content (AvgIpc) is 2.79. The zero-order chi connectivity index (χ0) is 21.5. The molecule has 5 nitrogen and oxygen atoms in total. The summed E-state index contributed by atoms with van der Waals surface area (Å²) < 4.78 is 17.1. The number of ether oxygens (including phenoxy) is 2. The Labute approximate surface area is 188 Å². The molecular formula is C24H18O5S2. The van der Waals surface area contributed by atoms with Crippen molar-refractivity contribution in [2.75, 3.05) is 0 Å². The Morgan fingerprint density at radius 1 is 0.419 bits per heavy atom. The SMILES string of the molecule is Oc1ccc(Oc2ccc(SOSc3ccc(Oc4ccc(O)cc4)cc3)cc2)cc1. The Morgan fingerprint density at radius 3 is 1.03 bits per heavy atom. The van der Waals surface area contributed by atoms with Crippen molar-refractivity contribution in [3.8, 4) is 34.5 Å². The molecule has 0 saturated heterocycles. The number of benzene rings is 4. The molecular weight excluding hydrogens is 432 g/mol. The van der Waals surface area contributed by atoms with Gasteiger partial charge in [-0.2, -0.15) is 0 Å². The minimum atomic E-state index is 0.202. The second-order valence-corrected chi connectivity index (χ2v) is 8.19. The van der Waals surface area contributed by atoms with E-state index in [0.29, 0.717) is 23.0 Å². The summed E-state index contributed by atoms with van der Waals surface area (Å²) in [6.07, 6.45) is 0. The maximum Gasteiger partial charge on any atom is 0.127 e. The lowest BCUT2D eigenvalue weighted by Crippen LogP contribution is -1.84. The van der Waals surface area contributed by atoms with E-state index >= 15 is 0 Å². The standard InChI is InChI=1S/C24H18O5S2/c25-17-1-5-19(6-2-17)27-21-9-13-23(14-10-21)30-29-31-24-15-11-22(12-16-24)28-20-7-3-18(26)4-8-20/h1-16,25-26H. The monoisotopic (exact) mass is 450 g/mol. The van der Waals surface area contributed by atoms with E-state index in [4.69, 9.17) is 13.1 Å². The van der Waals surface area contributed by atoms with Gasteiger partial charge in [-0.05, 0) is 97.1 Å². The fourth-order valence-electron chi connectivity index (χ4n) is 2.52. The van der Waals surface area contributed by atoms with Gasteiger partial charge >= 0.3 is 0 Å². The van der Waals surface area contributed by atoms with Gasteiger partial charge in [0.1, 0.15) is 34.5 Å². The quantitative estimate of drug-likeness (QED) is 0.271. The normalized spacial score (nSPS) is 10.6. The van der Waals surface area contributed by atoms with Crippen LogP contribution in [0.15, 0.2) is 107 Å². The molecule has 7 heteroatoms. The van der Waals surface area contributed by atoms with Gasteiger partial charge in [-0.3, -0.25) is 0 Å². The minimum Gasteiger partial charge on any atom is -0.508 e. The summed E-state index contributed by atoms with van der Waals surface area (Å²) in [5.74, 6) is 3.12. The Kier molecular flexibility index (Phi) is 6.89. The van der Waals surface area contributed by atoms with E-state index in [1.54, 1.807) is 48.5 Å². The van der Waals surface area contributed by atoms with Crippen molar-refractivity contribution in [1.82, 2.24) is 0 Å². The first kappa shape index (κ1) is 21.0. The van der Waals surface area contributed by atoms with Crippen molar-refractivity contribution in [1.29, 1.82) is 0 Å². The highest BCUT2D eigenvalue weighted by molar-refractivity contribution is 8.07. The summed E-state index contributed by atoms with van der Waals surface area (Å²) >= 11 is 2.52. The zero-order valence-electron chi connectivity index (χ0n) is 16.2. The van der Waals surface area contributed by atoms with Crippen molar-refractivity contribution in [2.24, 2.45) is 0 Å². The van der Waals surface area contributed by atoms with Gasteiger partial charge in [-0.15, -0.1) is 0 Å². The smallest absolute Gasteiger partial charge is 0.127 e. The topological polar surface area (TPSA) is 68.2 Å². The Morgan fingerprint density at radius 2 is 0.710 bits per heavy atom. The number of aromatic hydroxyl groups is 2. The molecule has 0 atom stereocenters. The Balaban J connectivity index is 1.24. The lowest BCUT2D eigenvalue weighted by Gasteiger charge is -2.07. The van der Waals surface area contributed by atoms with Gasteiger partial charge in [-0.25, -0.2) is 3.63 Å². The van der Waals surface area contributed by atoms with Gasteiger partial charge < -0.3 is 19.7 Å². The molecule has 0 aliphatic rings. The summed E-state index contributed by atoms with van der Waals surface area (Å²) in [6.45, 7) is 0. The van der Waals surface area contributed by atoms with Crippen LogP contribution >= 0.6 is 24.1 Å². The third kappa shape index (κ3) is 6.36. The van der Waals surface area contributed by atoms with Crippen LogP contribution in [0.2, 0.25) is 0 Å². The summed E-state index contributed by atoms with van der Waals surface area (Å²) in [5, 5.41) is 18.6. The first-order valence-corrected chi connectivity index (χ1v) is 10.8. The molecule has 4 aromatic carbocycles. The van der Waals surface area contributed by atoms with Crippen molar-refractivity contribution in [3.63, 3.8) is 0 Å². The molecule has 0 amide bonds. The van der Waals surface area contributed by atoms with E-state index in [1.165, 1.54) is 24.1 Å². The number of phenols is 2. The maximum absolute atomic E-state index is 9.32. The molecule has 156 valence electrons. The summed E-state index contributed by atoms with van der Waals surface area (Å²) in [7, 11) is 0. The van der Waals surface area contributed by atoms with E-state index in [2.05, 4.69) is 0 Å². The second kappa shape index (κ2) is 10.2. The van der Waals surface area contributed by atoms with Crippen molar-refractivity contribution >= 4 is 24.1 Å². The van der Waals surface area contributed by atoms with Crippen molar-refractivity contribution in [3.05, 3.63) is 97.1 Å². The molecule has 0 aliphatic carbocycles. The molecule has 0 aromatic heterocycles. The van der Waals surface area contributed by atoms with Crippen LogP contribution in [-0.4, -0.2) is 10.2 Å². The molecule has 0 bridgehead atoms. The number of hydrogen-bond acceptors (Lipinski definition) is 7. The van der Waals surface area contributed by atoms with Crippen molar-refractivity contribution in [2.45, 2.75) is 9.79 Å². The van der Waals surface area contributed by atoms with Crippen LogP contribution in [0, 0.1) is 0 Å². The largest absolute Gasteiger partial charge is 0.508 e. The lowest BCUT2D eigenvalue weighted by atomic mass is 10.3. The molecule has 4 aromatic rings. The van der Waals surface area contributed by atoms with E-state index in [1.807, 2.05) is 48.5 Å². The first-order valence-electron chi connectivity index (χ1n) is 9.29. The van der Waals surface area contributed by atoms with E-state index in [-0.39, 0.29) is 11.5 Å². The van der Waals surface area contributed by atoms with E-state index < -0.39 is 0 Å². The molecule has 0 unspecified atom stereocenters. The second-order valence-electron chi connectivity index (χ2n) is 6.37. The number of rotatable bonds is 8. The number of hydrogen-bond donors (Lipinski definition) is 2. The molecule has 0 saturated carbocycles. The molecule has 0 aliphatic heterocycles. The van der Waals surface area contributed by atoms with Crippen LogP contribution in [0.25, 0.3) is 0 Å². The van der Waals surface area contributed by atoms with Crippen LogP contribution in [-0.2, 0) is 3.63 Å². The third-order valence-electron chi connectivity index (χ3n) is 4.05. The summed E-state index contributed by atoms with van der Waals surface area (Å²) in [6, 6.07) is 28.2. The summed E-state index contributed by atoms with van der Waals surface area (Å²) in [5.41, 5.74) is 0. The Bertz CT molecular complexity index is 1010. The van der Waals surface area contributed by atoms with Gasteiger partial charge in [0.15, 0.2) is 0 Å². The van der Waals surface area contributed by atoms with Gasteiger partial charge in [0.05, 0.1) is 0 Å². The molecule has 2 N–H and O–H groups in total. The van der Waals surface area contributed by atoms with Gasteiger partial charge in [0.25, 0.3) is 0 Å². The highest BCUT2D eigenvalue weighted by atomic mass is 32.2. The molecule has 0 radical (unpaired) electrons. The van der Waals surface area contributed by atoms with E-state index in [9.17, 15) is 10.2 Å². The summed E-state index contributed by atoms with van der Waals surface area (Å²) in [4.78, 5) is 1.88. The van der Waals surface area contributed by atoms with E-state index in [0.717, 1.165) is 9.79 Å². The molecule has 31 heavy (non-hydrogen) atoms. The molecule has 0 spiro atoms. The Hall–Kier alpha value is -3.26. The minimum absolute atomic E-state index is 0.202. The van der Waals surface area contributed by atoms with Gasteiger partial charge in [0.2, 0.25) is 0 Å². The fourth-order valence-corrected chi connectivity index (χ4v) is 3.78.